The standard InChI is InChI=1S/C16H21NO2S/c1-11-8-15(6-4-14(11)5-7-16(18)19)17-9-12(2)20-13(3)10-17/h4-8,12-13H,9-10H2,1-3H3,(H,18,19). The number of anilines is 1. The van der Waals surface area contributed by atoms with Crippen LogP contribution < -0.4 is 4.90 Å². The first-order valence-electron chi connectivity index (χ1n) is 6.88. The van der Waals surface area contributed by atoms with Crippen LogP contribution in [0.5, 0.6) is 0 Å². The van der Waals surface area contributed by atoms with Crippen LogP contribution in [-0.4, -0.2) is 34.7 Å². The predicted molar refractivity (Wildman–Crippen MR) is 86.6 cm³/mol. The molecular weight excluding hydrogens is 270 g/mol. The Morgan fingerprint density at radius 3 is 2.55 bits per heavy atom. The van der Waals surface area contributed by atoms with Crippen molar-refractivity contribution in [2.45, 2.75) is 31.3 Å². The average Bonchev–Trinajstić information content (AvgIpc) is 2.35. The van der Waals surface area contributed by atoms with Gasteiger partial charge in [0.25, 0.3) is 0 Å². The first-order valence-corrected chi connectivity index (χ1v) is 7.82. The second-order valence-corrected chi connectivity index (χ2v) is 7.26. The van der Waals surface area contributed by atoms with Gasteiger partial charge in [0.1, 0.15) is 0 Å². The van der Waals surface area contributed by atoms with Crippen LogP contribution >= 0.6 is 11.8 Å². The lowest BCUT2D eigenvalue weighted by Crippen LogP contribution is -2.40. The van der Waals surface area contributed by atoms with Crippen LogP contribution in [0.15, 0.2) is 24.3 Å². The fourth-order valence-corrected chi connectivity index (χ4v) is 3.92. The monoisotopic (exact) mass is 291 g/mol. The summed E-state index contributed by atoms with van der Waals surface area (Å²) in [6, 6.07) is 6.24. The molecule has 1 heterocycles. The summed E-state index contributed by atoms with van der Waals surface area (Å²) in [6.45, 7) is 8.70. The first kappa shape index (κ1) is 15.0. The van der Waals surface area contributed by atoms with Crippen molar-refractivity contribution in [2.75, 3.05) is 18.0 Å². The van der Waals surface area contributed by atoms with E-state index in [-0.39, 0.29) is 0 Å². The number of hydrogen-bond donors (Lipinski definition) is 1. The van der Waals surface area contributed by atoms with E-state index in [2.05, 4.69) is 30.9 Å². The molecule has 1 N–H and O–H groups in total. The maximum absolute atomic E-state index is 10.6. The number of aryl methyl sites for hydroxylation is 1. The van der Waals surface area contributed by atoms with Crippen LogP contribution in [0.3, 0.4) is 0 Å². The average molecular weight is 291 g/mol. The summed E-state index contributed by atoms with van der Waals surface area (Å²) in [5, 5.41) is 9.97. The van der Waals surface area contributed by atoms with Crippen molar-refractivity contribution >= 4 is 29.5 Å². The highest BCUT2D eigenvalue weighted by atomic mass is 32.2. The topological polar surface area (TPSA) is 40.5 Å². The molecule has 0 bridgehead atoms. The van der Waals surface area contributed by atoms with Gasteiger partial charge in [-0.1, -0.05) is 19.9 Å². The molecule has 4 heteroatoms. The molecule has 0 saturated carbocycles. The molecule has 0 aliphatic carbocycles. The molecule has 108 valence electrons. The summed E-state index contributed by atoms with van der Waals surface area (Å²) in [4.78, 5) is 13.0. The molecule has 0 aromatic heterocycles. The second-order valence-electron chi connectivity index (χ2n) is 5.37. The predicted octanol–water partition coefficient (Wildman–Crippen LogP) is 3.42. The lowest BCUT2D eigenvalue weighted by atomic mass is 10.1. The number of hydrogen-bond acceptors (Lipinski definition) is 3. The van der Waals surface area contributed by atoms with E-state index in [1.807, 2.05) is 24.8 Å². The van der Waals surface area contributed by atoms with Crippen molar-refractivity contribution in [3.05, 3.63) is 35.4 Å². The van der Waals surface area contributed by atoms with Crippen LogP contribution in [0.4, 0.5) is 5.69 Å². The molecule has 1 aliphatic rings. The van der Waals surface area contributed by atoms with Crippen molar-refractivity contribution in [3.8, 4) is 0 Å². The molecule has 1 aromatic rings. The molecule has 0 radical (unpaired) electrons. The summed E-state index contributed by atoms with van der Waals surface area (Å²) in [6.07, 6.45) is 2.84. The Bertz CT molecular complexity index is 517. The molecule has 1 aromatic carbocycles. The van der Waals surface area contributed by atoms with Crippen LogP contribution in [-0.2, 0) is 4.79 Å². The SMILES string of the molecule is Cc1cc(N2CC(C)SC(C)C2)ccc1C=CC(=O)O. The van der Waals surface area contributed by atoms with Gasteiger partial charge in [-0.3, -0.25) is 0 Å². The summed E-state index contributed by atoms with van der Waals surface area (Å²) < 4.78 is 0. The molecule has 2 atom stereocenters. The molecule has 0 amide bonds. The number of carboxylic acids is 1. The second kappa shape index (κ2) is 6.35. The Morgan fingerprint density at radius 2 is 2.00 bits per heavy atom. The number of thioether (sulfide) groups is 1. The van der Waals surface area contributed by atoms with Crippen molar-refractivity contribution in [3.63, 3.8) is 0 Å². The van der Waals surface area contributed by atoms with Gasteiger partial charge in [-0.2, -0.15) is 11.8 Å². The third-order valence-corrected chi connectivity index (χ3v) is 4.67. The summed E-state index contributed by atoms with van der Waals surface area (Å²) in [7, 11) is 0. The van der Waals surface area contributed by atoms with E-state index in [9.17, 15) is 4.79 Å². The van der Waals surface area contributed by atoms with Gasteiger partial charge in [0, 0.05) is 35.4 Å². The molecule has 3 nitrogen and oxygen atoms in total. The van der Waals surface area contributed by atoms with E-state index >= 15 is 0 Å². The number of benzene rings is 1. The number of carbonyl (C=O) groups is 1. The Hall–Kier alpha value is -1.42. The quantitative estimate of drug-likeness (QED) is 0.866. The van der Waals surface area contributed by atoms with Gasteiger partial charge in [0.15, 0.2) is 0 Å². The normalized spacial score (nSPS) is 23.2. The van der Waals surface area contributed by atoms with Gasteiger partial charge < -0.3 is 10.0 Å². The van der Waals surface area contributed by atoms with Crippen molar-refractivity contribution in [1.29, 1.82) is 0 Å². The van der Waals surface area contributed by atoms with Gasteiger partial charge >= 0.3 is 5.97 Å². The van der Waals surface area contributed by atoms with E-state index in [0.29, 0.717) is 10.5 Å². The third kappa shape index (κ3) is 3.79. The van der Waals surface area contributed by atoms with Crippen LogP contribution in [0, 0.1) is 6.92 Å². The fourth-order valence-electron chi connectivity index (χ4n) is 2.59. The highest BCUT2D eigenvalue weighted by molar-refractivity contribution is 8.00. The summed E-state index contributed by atoms with van der Waals surface area (Å²) in [5.74, 6) is -0.913. The van der Waals surface area contributed by atoms with Gasteiger partial charge in [0.2, 0.25) is 0 Å². The maximum atomic E-state index is 10.6. The highest BCUT2D eigenvalue weighted by Crippen LogP contribution is 2.29. The zero-order valence-corrected chi connectivity index (χ0v) is 13.0. The minimum absolute atomic E-state index is 0.644. The number of rotatable bonds is 3. The van der Waals surface area contributed by atoms with Crippen molar-refractivity contribution in [1.82, 2.24) is 0 Å². The molecule has 20 heavy (non-hydrogen) atoms. The number of nitrogens with zero attached hydrogens (tertiary/aromatic N) is 1. The van der Waals surface area contributed by atoms with E-state index in [1.165, 1.54) is 11.8 Å². The molecule has 0 spiro atoms. The van der Waals surface area contributed by atoms with Gasteiger partial charge in [-0.15, -0.1) is 0 Å². The summed E-state index contributed by atoms with van der Waals surface area (Å²) in [5.41, 5.74) is 3.30. The van der Waals surface area contributed by atoms with Gasteiger partial charge in [0.05, 0.1) is 0 Å². The van der Waals surface area contributed by atoms with Crippen molar-refractivity contribution < 1.29 is 9.90 Å². The summed E-state index contributed by atoms with van der Waals surface area (Å²) >= 11 is 2.04. The fraction of sp³-hybridized carbons (Fsp3) is 0.438. The highest BCUT2D eigenvalue weighted by Gasteiger charge is 2.22. The van der Waals surface area contributed by atoms with Gasteiger partial charge in [-0.05, 0) is 36.3 Å². The van der Waals surface area contributed by atoms with Crippen LogP contribution in [0.25, 0.3) is 6.08 Å². The molecular formula is C16H21NO2S. The Morgan fingerprint density at radius 1 is 1.35 bits per heavy atom. The first-order chi connectivity index (χ1) is 9.45. The number of aliphatic carboxylic acids is 1. The molecule has 1 aliphatic heterocycles. The smallest absolute Gasteiger partial charge is 0.328 e. The minimum atomic E-state index is -0.913. The third-order valence-electron chi connectivity index (χ3n) is 3.44. The van der Waals surface area contributed by atoms with E-state index in [4.69, 9.17) is 5.11 Å². The maximum Gasteiger partial charge on any atom is 0.328 e. The lowest BCUT2D eigenvalue weighted by molar-refractivity contribution is -0.131. The van der Waals surface area contributed by atoms with E-state index in [0.717, 1.165) is 24.2 Å². The zero-order valence-electron chi connectivity index (χ0n) is 12.2. The lowest BCUT2D eigenvalue weighted by Gasteiger charge is -2.36. The molecule has 1 fully saturated rings. The molecule has 2 rings (SSSR count). The molecule has 1 saturated heterocycles. The van der Waals surface area contributed by atoms with Crippen molar-refractivity contribution in [2.24, 2.45) is 0 Å². The van der Waals surface area contributed by atoms with E-state index in [1.54, 1.807) is 6.08 Å². The van der Waals surface area contributed by atoms with Gasteiger partial charge in [-0.25, -0.2) is 4.79 Å². The van der Waals surface area contributed by atoms with Crippen LogP contribution in [0.2, 0.25) is 0 Å². The minimum Gasteiger partial charge on any atom is -0.478 e. The largest absolute Gasteiger partial charge is 0.478 e. The Kier molecular flexibility index (Phi) is 4.76. The Labute approximate surface area is 124 Å². The van der Waals surface area contributed by atoms with E-state index < -0.39 is 5.97 Å². The van der Waals surface area contributed by atoms with Crippen LogP contribution in [0.1, 0.15) is 25.0 Å². The Balaban J connectivity index is 2.18. The zero-order chi connectivity index (χ0) is 14.7. The number of carboxylic acid groups (broad SMARTS) is 1. The molecule has 2 unspecified atom stereocenters.